The van der Waals surface area contributed by atoms with Crippen LogP contribution in [0.1, 0.15) is 13.3 Å². The van der Waals surface area contributed by atoms with Gasteiger partial charge in [-0.3, -0.25) is 4.79 Å². The van der Waals surface area contributed by atoms with Crippen LogP contribution < -0.4 is 5.32 Å². The number of nitrogens with one attached hydrogen (secondary N) is 1. The molecule has 2 heterocycles. The molecule has 1 amide bonds. The van der Waals surface area contributed by atoms with Crippen LogP contribution >= 0.6 is 34.5 Å². The topological polar surface area (TPSA) is 66.5 Å². The van der Waals surface area contributed by atoms with Crippen molar-refractivity contribution in [2.75, 3.05) is 19.6 Å². The van der Waals surface area contributed by atoms with Gasteiger partial charge in [0.05, 0.1) is 10.9 Å². The molecule has 0 spiro atoms. The minimum Gasteiger partial charge on any atom is -0.356 e. The number of thiophene rings is 1. The molecule has 1 aromatic heterocycles. The first kappa shape index (κ1) is 16.0. The summed E-state index contributed by atoms with van der Waals surface area (Å²) in [5.74, 6) is -0.400. The average Bonchev–Trinajstić information content (AvgIpc) is 2.98. The molecular weight excluding hydrogens is 343 g/mol. The summed E-state index contributed by atoms with van der Waals surface area (Å²) in [4.78, 5) is 11.7. The Labute approximate surface area is 131 Å². The number of carbonyl (C=O) groups is 1. The second-order valence-electron chi connectivity index (χ2n) is 4.43. The predicted octanol–water partition coefficient (Wildman–Crippen LogP) is 2.20. The molecule has 1 atom stereocenters. The number of hydrogen-bond donors (Lipinski definition) is 1. The average molecular weight is 357 g/mol. The molecule has 0 radical (unpaired) electrons. The van der Waals surface area contributed by atoms with Gasteiger partial charge in [0.2, 0.25) is 5.91 Å². The first-order valence-corrected chi connectivity index (χ1v) is 9.10. The molecule has 0 bridgehead atoms. The third kappa shape index (κ3) is 3.12. The largest absolute Gasteiger partial charge is 0.356 e. The normalized spacial score (nSPS) is 20.2. The van der Waals surface area contributed by atoms with E-state index in [2.05, 4.69) is 5.32 Å². The van der Waals surface area contributed by atoms with E-state index in [1.807, 2.05) is 6.92 Å². The Kier molecular flexibility index (Phi) is 4.96. The van der Waals surface area contributed by atoms with Crippen LogP contribution in [0.4, 0.5) is 0 Å². The number of halogens is 2. The lowest BCUT2D eigenvalue weighted by molar-refractivity contribution is -0.124. The van der Waals surface area contributed by atoms with Crippen molar-refractivity contribution >= 4 is 50.5 Å². The maximum Gasteiger partial charge on any atom is 0.252 e. The van der Waals surface area contributed by atoms with Crippen LogP contribution in [0, 0.1) is 5.92 Å². The molecule has 9 heteroatoms. The summed E-state index contributed by atoms with van der Waals surface area (Å²) in [5.41, 5.74) is 0. The molecule has 112 valence electrons. The summed E-state index contributed by atoms with van der Waals surface area (Å²) >= 11 is 12.5. The van der Waals surface area contributed by atoms with Gasteiger partial charge in [-0.15, -0.1) is 11.3 Å². The molecule has 1 fully saturated rings. The Morgan fingerprint density at radius 1 is 1.55 bits per heavy atom. The minimum absolute atomic E-state index is 0.104. The lowest BCUT2D eigenvalue weighted by Gasteiger charge is -2.15. The van der Waals surface area contributed by atoms with Crippen LogP contribution in [0.3, 0.4) is 0 Å². The molecule has 1 unspecified atom stereocenters. The second-order valence-corrected chi connectivity index (χ2v) is 8.66. The molecule has 1 aliphatic heterocycles. The van der Waals surface area contributed by atoms with Crippen molar-refractivity contribution in [1.29, 1.82) is 0 Å². The number of hydrogen-bond acceptors (Lipinski definition) is 4. The van der Waals surface area contributed by atoms with Crippen molar-refractivity contribution < 1.29 is 13.2 Å². The van der Waals surface area contributed by atoms with Crippen LogP contribution in [0.25, 0.3) is 0 Å². The zero-order valence-electron chi connectivity index (χ0n) is 10.7. The summed E-state index contributed by atoms with van der Waals surface area (Å²) in [6, 6.07) is 1.35. The third-order valence-electron chi connectivity index (χ3n) is 3.09. The highest BCUT2D eigenvalue weighted by molar-refractivity contribution is 7.91. The van der Waals surface area contributed by atoms with Crippen molar-refractivity contribution in [2.24, 2.45) is 5.92 Å². The molecule has 1 aromatic rings. The highest BCUT2D eigenvalue weighted by Gasteiger charge is 2.36. The van der Waals surface area contributed by atoms with Gasteiger partial charge in [-0.2, -0.15) is 4.31 Å². The van der Waals surface area contributed by atoms with Crippen LogP contribution in [-0.2, 0) is 14.8 Å². The Morgan fingerprint density at radius 2 is 2.25 bits per heavy atom. The van der Waals surface area contributed by atoms with Gasteiger partial charge in [0.15, 0.2) is 0 Å². The van der Waals surface area contributed by atoms with Crippen molar-refractivity contribution in [2.45, 2.75) is 17.6 Å². The number of nitrogens with zero attached hydrogens (tertiary/aromatic N) is 1. The summed E-state index contributed by atoms with van der Waals surface area (Å²) < 4.78 is 26.5. The number of amides is 1. The third-order valence-corrected chi connectivity index (χ3v) is 7.27. The van der Waals surface area contributed by atoms with Crippen molar-refractivity contribution in [3.8, 4) is 0 Å². The zero-order valence-corrected chi connectivity index (χ0v) is 13.9. The van der Waals surface area contributed by atoms with Crippen LogP contribution in [0.15, 0.2) is 10.3 Å². The van der Waals surface area contributed by atoms with Crippen LogP contribution in [-0.4, -0.2) is 38.3 Å². The fraction of sp³-hybridized carbons (Fsp3) is 0.545. The predicted molar refractivity (Wildman–Crippen MR) is 79.9 cm³/mol. The Bertz CT molecular complexity index is 596. The SMILES string of the molecule is CCNC(=O)C1CCN(S(=O)(=O)c2cc(Cl)c(Cl)s2)C1. The van der Waals surface area contributed by atoms with Gasteiger partial charge in [-0.25, -0.2) is 8.42 Å². The lowest BCUT2D eigenvalue weighted by Crippen LogP contribution is -2.34. The Hall–Kier alpha value is -0.340. The lowest BCUT2D eigenvalue weighted by atomic mass is 10.1. The smallest absolute Gasteiger partial charge is 0.252 e. The zero-order chi connectivity index (χ0) is 14.9. The summed E-state index contributed by atoms with van der Waals surface area (Å²) in [7, 11) is -3.62. The minimum atomic E-state index is -3.62. The van der Waals surface area contributed by atoms with Gasteiger partial charge in [0, 0.05) is 19.6 Å². The molecule has 1 saturated heterocycles. The van der Waals surface area contributed by atoms with Crippen molar-refractivity contribution in [3.63, 3.8) is 0 Å². The van der Waals surface area contributed by atoms with Gasteiger partial charge in [-0.1, -0.05) is 23.2 Å². The quantitative estimate of drug-likeness (QED) is 0.898. The maximum atomic E-state index is 12.4. The fourth-order valence-electron chi connectivity index (χ4n) is 2.06. The maximum absolute atomic E-state index is 12.4. The van der Waals surface area contributed by atoms with Crippen LogP contribution in [0.2, 0.25) is 9.36 Å². The molecule has 1 N–H and O–H groups in total. The van der Waals surface area contributed by atoms with Gasteiger partial charge in [0.1, 0.15) is 8.55 Å². The van der Waals surface area contributed by atoms with E-state index in [1.165, 1.54) is 10.4 Å². The van der Waals surface area contributed by atoms with Crippen molar-refractivity contribution in [1.82, 2.24) is 9.62 Å². The highest BCUT2D eigenvalue weighted by Crippen LogP contribution is 2.36. The van der Waals surface area contributed by atoms with E-state index >= 15 is 0 Å². The summed E-state index contributed by atoms with van der Waals surface area (Å²) in [6.45, 7) is 2.90. The van der Waals surface area contributed by atoms with Gasteiger partial charge in [-0.05, 0) is 19.4 Å². The molecule has 0 aromatic carbocycles. The summed E-state index contributed by atoms with van der Waals surface area (Å²) in [6.07, 6.45) is 0.526. The van der Waals surface area contributed by atoms with Gasteiger partial charge in [0.25, 0.3) is 10.0 Å². The molecule has 1 aliphatic rings. The van der Waals surface area contributed by atoms with E-state index in [0.29, 0.717) is 19.5 Å². The van der Waals surface area contributed by atoms with Crippen molar-refractivity contribution in [3.05, 3.63) is 15.4 Å². The number of carbonyl (C=O) groups excluding carboxylic acids is 1. The molecule has 20 heavy (non-hydrogen) atoms. The standard InChI is InChI=1S/C11H14Cl2N2O3S2/c1-2-14-11(16)7-3-4-15(6-7)20(17,18)9-5-8(12)10(13)19-9/h5,7H,2-4,6H2,1H3,(H,14,16). The summed E-state index contributed by atoms with van der Waals surface area (Å²) in [5, 5.41) is 2.94. The number of rotatable bonds is 4. The highest BCUT2D eigenvalue weighted by atomic mass is 35.5. The van der Waals surface area contributed by atoms with E-state index in [1.54, 1.807) is 0 Å². The van der Waals surface area contributed by atoms with E-state index in [0.717, 1.165) is 11.3 Å². The Balaban J connectivity index is 2.14. The van der Waals surface area contributed by atoms with Gasteiger partial charge >= 0.3 is 0 Å². The number of sulfonamides is 1. The molecule has 5 nitrogen and oxygen atoms in total. The molecule has 2 rings (SSSR count). The molecule has 0 saturated carbocycles. The first-order chi connectivity index (χ1) is 9.36. The van der Waals surface area contributed by atoms with Gasteiger partial charge < -0.3 is 5.32 Å². The second kappa shape index (κ2) is 6.19. The van der Waals surface area contributed by atoms with E-state index in [9.17, 15) is 13.2 Å². The fourth-order valence-corrected chi connectivity index (χ4v) is 5.60. The van der Waals surface area contributed by atoms with Crippen LogP contribution in [0.5, 0.6) is 0 Å². The Morgan fingerprint density at radius 3 is 2.80 bits per heavy atom. The van der Waals surface area contributed by atoms with E-state index in [4.69, 9.17) is 23.2 Å². The van der Waals surface area contributed by atoms with E-state index in [-0.39, 0.29) is 31.9 Å². The van der Waals surface area contributed by atoms with E-state index < -0.39 is 10.0 Å². The first-order valence-electron chi connectivity index (χ1n) is 6.09. The molecule has 0 aliphatic carbocycles. The monoisotopic (exact) mass is 356 g/mol. The molecular formula is C11H14Cl2N2O3S2.